The monoisotopic (exact) mass is 430 g/mol. The molecule has 1 aliphatic rings. The number of aryl methyl sites for hydroxylation is 1. The maximum Gasteiger partial charge on any atom is 0.267 e. The smallest absolute Gasteiger partial charge is 0.267 e. The number of alkyl halides is 2. The summed E-state index contributed by atoms with van der Waals surface area (Å²) >= 11 is 0. The van der Waals surface area contributed by atoms with Crippen molar-refractivity contribution in [2.75, 3.05) is 0 Å². The van der Waals surface area contributed by atoms with E-state index >= 15 is 0 Å². The number of nitrogens with zero attached hydrogens (tertiary/aromatic N) is 2. The predicted octanol–water partition coefficient (Wildman–Crippen LogP) is 3.38. The highest BCUT2D eigenvalue weighted by Crippen LogP contribution is 2.39. The number of halogens is 2. The molecule has 3 N–H and O–H groups in total. The summed E-state index contributed by atoms with van der Waals surface area (Å²) in [5.74, 6) is 0. The number of hydrogen-bond acceptors (Lipinski definition) is 6. The molecule has 5 rings (SSSR count). The number of aliphatic hydroxyl groups is 3. The summed E-state index contributed by atoms with van der Waals surface area (Å²) in [6, 6.07) is 8.07. The van der Waals surface area contributed by atoms with E-state index in [1.807, 2.05) is 19.1 Å². The van der Waals surface area contributed by atoms with Gasteiger partial charge in [0.15, 0.2) is 6.23 Å². The van der Waals surface area contributed by atoms with Crippen LogP contribution in [0.4, 0.5) is 8.78 Å². The van der Waals surface area contributed by atoms with E-state index in [1.54, 1.807) is 17.0 Å². The van der Waals surface area contributed by atoms with E-state index in [2.05, 4.69) is 4.98 Å². The normalized spacial score (nSPS) is 25.1. The van der Waals surface area contributed by atoms with Gasteiger partial charge in [0.1, 0.15) is 41.9 Å². The van der Waals surface area contributed by atoms with Crippen LogP contribution in [0.25, 0.3) is 22.0 Å². The van der Waals surface area contributed by atoms with Crippen molar-refractivity contribution < 1.29 is 33.3 Å². The summed E-state index contributed by atoms with van der Waals surface area (Å²) in [4.78, 5) is 4.33. The summed E-state index contributed by atoms with van der Waals surface area (Å²) in [6.45, 7) is 1.93. The van der Waals surface area contributed by atoms with E-state index in [4.69, 9.17) is 9.15 Å². The Kier molecular flexibility index (Phi) is 4.78. The molecular weight excluding hydrogens is 410 g/mol. The topological polar surface area (TPSA) is 101 Å². The second kappa shape index (κ2) is 7.38. The van der Waals surface area contributed by atoms with Gasteiger partial charge in [0.2, 0.25) is 0 Å². The fraction of sp³-hybridized carbons (Fsp3) is 0.318. The Morgan fingerprint density at radius 2 is 1.90 bits per heavy atom. The number of benzene rings is 1. The predicted molar refractivity (Wildman–Crippen MR) is 107 cm³/mol. The van der Waals surface area contributed by atoms with Gasteiger partial charge in [-0.2, -0.15) is 0 Å². The summed E-state index contributed by atoms with van der Waals surface area (Å²) < 4.78 is 39.0. The second-order valence-electron chi connectivity index (χ2n) is 7.75. The highest BCUT2D eigenvalue weighted by atomic mass is 19.3. The van der Waals surface area contributed by atoms with Gasteiger partial charge in [-0.25, -0.2) is 13.8 Å². The first kappa shape index (κ1) is 20.1. The van der Waals surface area contributed by atoms with E-state index in [1.165, 1.54) is 18.2 Å². The zero-order chi connectivity index (χ0) is 21.9. The number of aromatic nitrogens is 2. The molecule has 4 aromatic rings. The maximum absolute atomic E-state index is 13.2. The van der Waals surface area contributed by atoms with Crippen molar-refractivity contribution in [2.24, 2.45) is 0 Å². The number of aliphatic hydroxyl groups excluding tert-OH is 3. The van der Waals surface area contributed by atoms with Gasteiger partial charge in [0.25, 0.3) is 6.43 Å². The Morgan fingerprint density at radius 1 is 1.10 bits per heavy atom. The van der Waals surface area contributed by atoms with Crippen LogP contribution in [-0.2, 0) is 4.74 Å². The van der Waals surface area contributed by atoms with Crippen molar-refractivity contribution in [3.63, 3.8) is 0 Å². The molecule has 0 spiro atoms. The lowest BCUT2D eigenvalue weighted by atomic mass is 9.97. The molecule has 0 unspecified atom stereocenters. The molecule has 1 fully saturated rings. The summed E-state index contributed by atoms with van der Waals surface area (Å²) in [6.07, 6.45) is -4.66. The third-order valence-corrected chi connectivity index (χ3v) is 5.90. The third-order valence-electron chi connectivity index (χ3n) is 5.90. The Morgan fingerprint density at radius 3 is 2.68 bits per heavy atom. The molecule has 5 atom stereocenters. The quantitative estimate of drug-likeness (QED) is 0.459. The zero-order valence-electron chi connectivity index (χ0n) is 16.4. The fourth-order valence-electron chi connectivity index (χ4n) is 4.18. The van der Waals surface area contributed by atoms with Crippen LogP contribution in [0, 0.1) is 6.92 Å². The van der Waals surface area contributed by atoms with Gasteiger partial charge in [-0.1, -0.05) is 6.07 Å². The molecule has 1 saturated heterocycles. The first-order valence-corrected chi connectivity index (χ1v) is 9.78. The van der Waals surface area contributed by atoms with Gasteiger partial charge in [-0.15, -0.1) is 0 Å². The van der Waals surface area contributed by atoms with Crippen molar-refractivity contribution in [1.29, 1.82) is 0 Å². The van der Waals surface area contributed by atoms with E-state index in [0.29, 0.717) is 5.65 Å². The van der Waals surface area contributed by atoms with Crippen molar-refractivity contribution in [3.05, 3.63) is 65.7 Å². The number of fused-ring (bicyclic) bond motifs is 2. The molecule has 7 nitrogen and oxygen atoms in total. The minimum atomic E-state index is -2.73. The van der Waals surface area contributed by atoms with E-state index in [9.17, 15) is 24.1 Å². The largest absolute Gasteiger partial charge is 0.464 e. The molecule has 0 bridgehead atoms. The molecule has 9 heteroatoms. The number of pyridine rings is 1. The Labute approximate surface area is 175 Å². The van der Waals surface area contributed by atoms with Crippen LogP contribution in [0.15, 0.2) is 53.4 Å². The molecular formula is C22H20F2N2O5. The molecule has 0 amide bonds. The van der Waals surface area contributed by atoms with Crippen LogP contribution in [0.2, 0.25) is 0 Å². The van der Waals surface area contributed by atoms with Gasteiger partial charge < -0.3 is 29.0 Å². The van der Waals surface area contributed by atoms with Crippen LogP contribution < -0.4 is 0 Å². The molecule has 3 aromatic heterocycles. The molecule has 0 radical (unpaired) electrons. The van der Waals surface area contributed by atoms with E-state index < -0.39 is 37.1 Å². The lowest BCUT2D eigenvalue weighted by Gasteiger charge is -2.21. The van der Waals surface area contributed by atoms with Crippen LogP contribution in [0.3, 0.4) is 0 Å². The second-order valence-corrected chi connectivity index (χ2v) is 7.75. The summed E-state index contributed by atoms with van der Waals surface area (Å²) in [5, 5.41) is 33.1. The molecule has 31 heavy (non-hydrogen) atoms. The molecule has 1 aromatic carbocycles. The lowest BCUT2D eigenvalue weighted by Crippen LogP contribution is -2.34. The van der Waals surface area contributed by atoms with E-state index in [0.717, 1.165) is 17.2 Å². The third kappa shape index (κ3) is 3.12. The molecule has 162 valence electrons. The van der Waals surface area contributed by atoms with Crippen molar-refractivity contribution >= 4 is 22.0 Å². The zero-order valence-corrected chi connectivity index (χ0v) is 16.4. The lowest BCUT2D eigenvalue weighted by molar-refractivity contribution is -0.0848. The van der Waals surface area contributed by atoms with Crippen molar-refractivity contribution in [2.45, 2.75) is 44.0 Å². The summed E-state index contributed by atoms with van der Waals surface area (Å²) in [7, 11) is 0. The van der Waals surface area contributed by atoms with Crippen LogP contribution in [0.5, 0.6) is 0 Å². The molecule has 0 aliphatic carbocycles. The van der Waals surface area contributed by atoms with Crippen molar-refractivity contribution in [1.82, 2.24) is 9.55 Å². The van der Waals surface area contributed by atoms with Crippen LogP contribution >= 0.6 is 0 Å². The van der Waals surface area contributed by atoms with Crippen molar-refractivity contribution in [3.8, 4) is 0 Å². The minimum absolute atomic E-state index is 0.173. The molecule has 0 saturated carbocycles. The maximum atomic E-state index is 13.2. The average molecular weight is 430 g/mol. The average Bonchev–Trinajstić information content (AvgIpc) is 3.44. The Hall–Kier alpha value is -2.85. The van der Waals surface area contributed by atoms with Gasteiger partial charge >= 0.3 is 0 Å². The van der Waals surface area contributed by atoms with E-state index in [-0.39, 0.29) is 22.1 Å². The van der Waals surface area contributed by atoms with Gasteiger partial charge in [-0.3, -0.25) is 0 Å². The number of rotatable bonds is 4. The highest BCUT2D eigenvalue weighted by molar-refractivity contribution is 5.82. The Bertz CT molecular complexity index is 1250. The van der Waals surface area contributed by atoms with Gasteiger partial charge in [0.05, 0.1) is 5.56 Å². The Balaban J connectivity index is 1.47. The minimum Gasteiger partial charge on any atom is -0.464 e. The van der Waals surface area contributed by atoms with Crippen LogP contribution in [0.1, 0.15) is 35.4 Å². The molecule has 4 heterocycles. The molecule has 1 aliphatic heterocycles. The van der Waals surface area contributed by atoms with Gasteiger partial charge in [0, 0.05) is 23.2 Å². The first-order chi connectivity index (χ1) is 14.9. The SMILES string of the molecule is Cc1ccnc2c1ccn2[C@@H]1O[C@H]([C@H](O)c2ccc3occ(C(F)F)c3c2)[C@@H](O)[C@H]1O. The number of hydrogen-bond donors (Lipinski definition) is 3. The van der Waals surface area contributed by atoms with Gasteiger partial charge in [-0.05, 0) is 42.3 Å². The summed E-state index contributed by atoms with van der Waals surface area (Å²) in [5.41, 5.74) is 1.82. The fourth-order valence-corrected chi connectivity index (χ4v) is 4.18. The first-order valence-electron chi connectivity index (χ1n) is 9.78. The van der Waals surface area contributed by atoms with Crippen LogP contribution in [-0.4, -0.2) is 43.2 Å². The standard InChI is InChI=1S/C22H20F2N2O5/c1-10-4-6-25-21-12(10)5-7-26(21)22-18(29)17(28)19(31-22)16(27)11-2-3-15-13(8-11)14(9-30-15)20(23)24/h2-9,16-20,22,27-29H,1H3/t16-,17+,18-,19-,22-/m1/s1. The number of furan rings is 1. The number of ether oxygens (including phenoxy) is 1. The highest BCUT2D eigenvalue weighted by Gasteiger charge is 2.47.